The van der Waals surface area contributed by atoms with Crippen LogP contribution in [0.15, 0.2) is 115 Å². The molecule has 3 heterocycles. The molecule has 0 atom stereocenters. The molecule has 0 saturated carbocycles. The van der Waals surface area contributed by atoms with Crippen molar-refractivity contribution in [2.24, 2.45) is 0 Å². The molecule has 3 nitrogen and oxygen atoms in total. The summed E-state index contributed by atoms with van der Waals surface area (Å²) in [4.78, 5) is 5.21. The maximum atomic E-state index is 5.21. The zero-order valence-electron chi connectivity index (χ0n) is 19.3. The van der Waals surface area contributed by atoms with Gasteiger partial charge in [-0.1, -0.05) is 78.9 Å². The summed E-state index contributed by atoms with van der Waals surface area (Å²) in [5, 5.41) is 7.49. The highest BCUT2D eigenvalue weighted by atomic mass is 15.2. The van der Waals surface area contributed by atoms with E-state index in [1.807, 2.05) is 0 Å². The molecule has 0 spiro atoms. The first kappa shape index (κ1) is 18.4. The predicted octanol–water partition coefficient (Wildman–Crippen LogP) is 8.46. The monoisotopic (exact) mass is 457 g/mol. The molecule has 166 valence electrons. The van der Waals surface area contributed by atoms with Gasteiger partial charge in [0.1, 0.15) is 0 Å². The molecule has 0 amide bonds. The Bertz CT molecular complexity index is 2300. The Morgan fingerprint density at radius 2 is 1.08 bits per heavy atom. The number of hydrogen-bond donors (Lipinski definition) is 0. The molecule has 3 heteroatoms. The lowest BCUT2D eigenvalue weighted by Gasteiger charge is -2.05. The molecule has 9 rings (SSSR count). The second kappa shape index (κ2) is 6.41. The summed E-state index contributed by atoms with van der Waals surface area (Å²) in [6.07, 6.45) is 0. The van der Waals surface area contributed by atoms with Crippen LogP contribution in [0, 0.1) is 0 Å². The van der Waals surface area contributed by atoms with Crippen LogP contribution in [0.2, 0.25) is 0 Å². The van der Waals surface area contributed by atoms with E-state index in [0.29, 0.717) is 0 Å². The van der Waals surface area contributed by atoms with E-state index < -0.39 is 0 Å². The van der Waals surface area contributed by atoms with E-state index in [1.165, 1.54) is 60.0 Å². The lowest BCUT2D eigenvalue weighted by atomic mass is 10.0. The average Bonchev–Trinajstić information content (AvgIpc) is 3.55. The first-order chi connectivity index (χ1) is 17.8. The molecule has 0 fully saturated rings. The Balaban J connectivity index is 1.56. The number of aromatic nitrogens is 3. The van der Waals surface area contributed by atoms with Gasteiger partial charge in [-0.25, -0.2) is 4.98 Å². The van der Waals surface area contributed by atoms with Crippen molar-refractivity contribution in [1.29, 1.82) is 0 Å². The Morgan fingerprint density at radius 1 is 0.444 bits per heavy atom. The minimum absolute atomic E-state index is 0.968. The Labute approximate surface area is 205 Å². The number of hydrogen-bond acceptors (Lipinski definition) is 1. The van der Waals surface area contributed by atoms with Gasteiger partial charge in [0.15, 0.2) is 0 Å². The topological polar surface area (TPSA) is 21.7 Å². The van der Waals surface area contributed by atoms with Crippen molar-refractivity contribution in [2.45, 2.75) is 0 Å². The van der Waals surface area contributed by atoms with Crippen LogP contribution >= 0.6 is 0 Å². The molecule has 0 bridgehead atoms. The van der Waals surface area contributed by atoms with Crippen LogP contribution in [-0.2, 0) is 0 Å². The van der Waals surface area contributed by atoms with E-state index in [-0.39, 0.29) is 0 Å². The quantitative estimate of drug-likeness (QED) is 0.242. The van der Waals surface area contributed by atoms with Gasteiger partial charge in [-0.2, -0.15) is 0 Å². The maximum Gasteiger partial charge on any atom is 0.220 e. The third-order valence-electron chi connectivity index (χ3n) is 7.76. The average molecular weight is 458 g/mol. The molecule has 9 aromatic rings. The second-order valence-electron chi connectivity index (χ2n) is 9.74. The fourth-order valence-corrected chi connectivity index (χ4v) is 6.12. The van der Waals surface area contributed by atoms with Gasteiger partial charge in [0.25, 0.3) is 0 Å². The third kappa shape index (κ3) is 2.25. The maximum absolute atomic E-state index is 5.21. The highest BCUT2D eigenvalue weighted by molar-refractivity contribution is 6.20. The molecule has 0 saturated heterocycles. The number of fused-ring (bicyclic) bond motifs is 10. The summed E-state index contributed by atoms with van der Waals surface area (Å²) in [5.74, 6) is 0.968. The summed E-state index contributed by atoms with van der Waals surface area (Å²) in [6.45, 7) is 0. The molecule has 36 heavy (non-hydrogen) atoms. The Morgan fingerprint density at radius 3 is 1.83 bits per heavy atom. The van der Waals surface area contributed by atoms with E-state index in [9.17, 15) is 0 Å². The normalized spacial score (nSPS) is 12.4. The fourth-order valence-electron chi connectivity index (χ4n) is 6.12. The highest BCUT2D eigenvalue weighted by Crippen LogP contribution is 2.41. The van der Waals surface area contributed by atoms with Crippen molar-refractivity contribution in [1.82, 2.24) is 13.8 Å². The lowest BCUT2D eigenvalue weighted by molar-refractivity contribution is 1.22. The van der Waals surface area contributed by atoms with Crippen LogP contribution in [0.4, 0.5) is 0 Å². The minimum Gasteiger partial charge on any atom is -0.277 e. The molecule has 0 aliphatic rings. The van der Waals surface area contributed by atoms with Gasteiger partial charge in [0.2, 0.25) is 5.78 Å². The van der Waals surface area contributed by atoms with Gasteiger partial charge in [0, 0.05) is 10.8 Å². The summed E-state index contributed by atoms with van der Waals surface area (Å²) in [6, 6.07) is 41.7. The smallest absolute Gasteiger partial charge is 0.220 e. The lowest BCUT2D eigenvalue weighted by Crippen LogP contribution is -1.85. The number of rotatable bonds is 1. The van der Waals surface area contributed by atoms with Crippen molar-refractivity contribution in [2.75, 3.05) is 0 Å². The molecular weight excluding hydrogens is 438 g/mol. The third-order valence-corrected chi connectivity index (χ3v) is 7.76. The SMILES string of the molecule is c1ccc(-c2cc3c4cc5ccccc5cc4n4c3c(c2)n2c3cc5ccccc5cc3nc24)cc1. The predicted molar refractivity (Wildman–Crippen MR) is 150 cm³/mol. The van der Waals surface area contributed by atoms with Gasteiger partial charge in [-0.15, -0.1) is 0 Å². The molecule has 0 aliphatic carbocycles. The number of benzene rings is 6. The fraction of sp³-hybridized carbons (Fsp3) is 0. The van der Waals surface area contributed by atoms with Crippen LogP contribution in [0.1, 0.15) is 0 Å². The first-order valence-corrected chi connectivity index (χ1v) is 12.3. The van der Waals surface area contributed by atoms with Crippen molar-refractivity contribution in [3.05, 3.63) is 115 Å². The summed E-state index contributed by atoms with van der Waals surface area (Å²) < 4.78 is 4.72. The van der Waals surface area contributed by atoms with E-state index in [0.717, 1.165) is 16.8 Å². The van der Waals surface area contributed by atoms with Gasteiger partial charge in [0.05, 0.1) is 27.6 Å². The summed E-state index contributed by atoms with van der Waals surface area (Å²) in [5.41, 5.74) is 8.25. The first-order valence-electron chi connectivity index (χ1n) is 12.3. The van der Waals surface area contributed by atoms with Crippen LogP contribution in [0.25, 0.3) is 76.8 Å². The van der Waals surface area contributed by atoms with Crippen molar-refractivity contribution in [3.63, 3.8) is 0 Å². The summed E-state index contributed by atoms with van der Waals surface area (Å²) >= 11 is 0. The summed E-state index contributed by atoms with van der Waals surface area (Å²) in [7, 11) is 0. The van der Waals surface area contributed by atoms with Gasteiger partial charge in [-0.05, 0) is 69.1 Å². The minimum atomic E-state index is 0.968. The molecule has 0 radical (unpaired) electrons. The van der Waals surface area contributed by atoms with Crippen LogP contribution < -0.4 is 0 Å². The van der Waals surface area contributed by atoms with Gasteiger partial charge in [-0.3, -0.25) is 8.80 Å². The standard InChI is InChI=1S/C33H19N3/c1-2-8-20(9-3-1)25-15-27-26-14-21-10-4-6-12-23(21)17-29(26)36-32(27)31(19-25)35-30-18-24-13-7-5-11-22(24)16-28(30)34-33(35)36/h1-19H. The van der Waals surface area contributed by atoms with E-state index in [4.69, 9.17) is 4.98 Å². The van der Waals surface area contributed by atoms with Crippen molar-refractivity contribution >= 4 is 65.7 Å². The molecule has 0 aliphatic heterocycles. The number of imidazole rings is 2. The van der Waals surface area contributed by atoms with Gasteiger partial charge < -0.3 is 0 Å². The van der Waals surface area contributed by atoms with E-state index >= 15 is 0 Å². The second-order valence-corrected chi connectivity index (χ2v) is 9.74. The van der Waals surface area contributed by atoms with Gasteiger partial charge >= 0.3 is 0 Å². The Hall–Kier alpha value is -4.89. The Kier molecular flexibility index (Phi) is 3.28. The van der Waals surface area contributed by atoms with Crippen molar-refractivity contribution < 1.29 is 0 Å². The molecular formula is C33H19N3. The zero-order chi connectivity index (χ0) is 23.4. The molecule has 0 unspecified atom stereocenters. The highest BCUT2D eigenvalue weighted by Gasteiger charge is 2.22. The largest absolute Gasteiger partial charge is 0.277 e. The van der Waals surface area contributed by atoms with Crippen LogP contribution in [-0.4, -0.2) is 13.8 Å². The molecule has 0 N–H and O–H groups in total. The van der Waals surface area contributed by atoms with E-state index in [1.54, 1.807) is 0 Å². The zero-order valence-corrected chi connectivity index (χ0v) is 19.3. The molecule has 6 aromatic carbocycles. The van der Waals surface area contributed by atoms with Crippen molar-refractivity contribution in [3.8, 4) is 11.1 Å². The number of nitrogens with zero attached hydrogens (tertiary/aromatic N) is 3. The van der Waals surface area contributed by atoms with E-state index in [2.05, 4.69) is 124 Å². The molecule has 3 aromatic heterocycles. The van der Waals surface area contributed by atoms with Crippen LogP contribution in [0.5, 0.6) is 0 Å². The van der Waals surface area contributed by atoms with Crippen LogP contribution in [0.3, 0.4) is 0 Å².